The predicted octanol–water partition coefficient (Wildman–Crippen LogP) is 4.25. The van der Waals surface area contributed by atoms with E-state index in [2.05, 4.69) is 20.5 Å². The number of aliphatic hydroxyl groups excluding tert-OH is 1. The fourth-order valence-corrected chi connectivity index (χ4v) is 5.36. The van der Waals surface area contributed by atoms with Gasteiger partial charge in [-0.25, -0.2) is 4.79 Å². The number of alkyl carbamates (subject to hydrolysis) is 1. The van der Waals surface area contributed by atoms with Gasteiger partial charge in [0.05, 0.1) is 28.1 Å². The Hall–Kier alpha value is -3.68. The number of aromatic hydroxyl groups is 1. The normalized spacial score (nSPS) is 14.2. The van der Waals surface area contributed by atoms with Crippen molar-refractivity contribution in [1.29, 1.82) is 0 Å². The van der Waals surface area contributed by atoms with Gasteiger partial charge < -0.3 is 25.2 Å². The Kier molecular flexibility index (Phi) is 9.14. The molecular weight excluding hydrogens is 595 g/mol. The number of rotatable bonds is 8. The molecule has 0 radical (unpaired) electrons. The quantitative estimate of drug-likeness (QED) is 0.345. The number of ether oxygens (including phenoxy) is 1. The highest BCUT2D eigenvalue weighted by atomic mass is 35.5. The van der Waals surface area contributed by atoms with Crippen molar-refractivity contribution in [3.63, 3.8) is 0 Å². The molecule has 42 heavy (non-hydrogen) atoms. The lowest BCUT2D eigenvalue weighted by molar-refractivity contribution is -0.138. The molecule has 0 aliphatic carbocycles. The summed E-state index contributed by atoms with van der Waals surface area (Å²) < 4.78 is 47.0. The first-order chi connectivity index (χ1) is 19.6. The SMILES string of the molecule is CN(CC(O)CNC(=O)OC(C)(C)C)c1nc(O)c(C(Cc2ccc(Cl)cc2C(F)(F)F)=c2ccc3c(c2)C=NN=3)s1. The molecule has 0 saturated carbocycles. The van der Waals surface area contributed by atoms with E-state index in [4.69, 9.17) is 16.3 Å². The van der Waals surface area contributed by atoms with Crippen LogP contribution in [-0.4, -0.2) is 59.3 Å². The van der Waals surface area contributed by atoms with Gasteiger partial charge in [-0.1, -0.05) is 35.1 Å². The molecule has 3 N–H and O–H groups in total. The summed E-state index contributed by atoms with van der Waals surface area (Å²) >= 11 is 6.95. The van der Waals surface area contributed by atoms with Crippen LogP contribution in [0.3, 0.4) is 0 Å². The monoisotopic (exact) mass is 623 g/mol. The van der Waals surface area contributed by atoms with Crippen molar-refractivity contribution < 1.29 is 32.9 Å². The molecule has 0 saturated heterocycles. The van der Waals surface area contributed by atoms with Crippen LogP contribution in [0.1, 0.15) is 42.3 Å². The number of likely N-dealkylation sites (N-methyl/N-ethyl adjacent to an activating group) is 1. The second-order valence-electron chi connectivity index (χ2n) is 10.6. The number of aliphatic hydroxyl groups is 1. The van der Waals surface area contributed by atoms with E-state index in [0.717, 1.165) is 17.4 Å². The standard InChI is InChI=1S/C28H29ClF3N5O4S/c1-27(2,3)41-26(40)33-13-19(38)14-37(4)25-35-24(39)23(42-25)20(15-6-8-22-17(9-15)12-34-36-22)10-16-5-7-18(29)11-21(16)28(30,31)32/h5-9,11-12,19,38-39H,10,13-14H2,1-4H3,(H,33,40). The molecule has 1 amide bonds. The van der Waals surface area contributed by atoms with E-state index in [-0.39, 0.29) is 40.9 Å². The lowest BCUT2D eigenvalue weighted by Gasteiger charge is -2.22. The van der Waals surface area contributed by atoms with Crippen molar-refractivity contribution in [2.24, 2.45) is 10.2 Å². The second kappa shape index (κ2) is 12.3. The highest BCUT2D eigenvalue weighted by Gasteiger charge is 2.34. The van der Waals surface area contributed by atoms with Gasteiger partial charge in [0, 0.05) is 37.1 Å². The van der Waals surface area contributed by atoms with Crippen molar-refractivity contribution in [2.45, 2.75) is 45.1 Å². The topological polar surface area (TPSA) is 120 Å². The van der Waals surface area contributed by atoms with Gasteiger partial charge in [0.15, 0.2) is 5.13 Å². The summed E-state index contributed by atoms with van der Waals surface area (Å²) in [5, 5.41) is 33.2. The van der Waals surface area contributed by atoms with Crippen LogP contribution in [0.15, 0.2) is 46.6 Å². The van der Waals surface area contributed by atoms with Crippen LogP contribution in [0.5, 0.6) is 5.88 Å². The van der Waals surface area contributed by atoms with Crippen LogP contribution in [0, 0.1) is 0 Å². The molecule has 2 aromatic carbocycles. The maximum atomic E-state index is 13.9. The van der Waals surface area contributed by atoms with Gasteiger partial charge in [0.2, 0.25) is 5.88 Å². The maximum Gasteiger partial charge on any atom is 0.416 e. The summed E-state index contributed by atoms with van der Waals surface area (Å²) in [6, 6.07) is 8.71. The summed E-state index contributed by atoms with van der Waals surface area (Å²) in [6.07, 6.45) is -4.99. The minimum Gasteiger partial charge on any atom is -0.492 e. The van der Waals surface area contributed by atoms with E-state index < -0.39 is 29.5 Å². The summed E-state index contributed by atoms with van der Waals surface area (Å²) in [5.74, 6) is -0.375. The molecule has 0 spiro atoms. The second-order valence-corrected chi connectivity index (χ2v) is 12.1. The average Bonchev–Trinajstić information content (AvgIpc) is 3.51. The molecule has 1 aromatic heterocycles. The van der Waals surface area contributed by atoms with E-state index in [1.165, 1.54) is 12.1 Å². The van der Waals surface area contributed by atoms with Gasteiger partial charge in [-0.05, 0) is 61.4 Å². The van der Waals surface area contributed by atoms with Gasteiger partial charge in [0.1, 0.15) is 5.60 Å². The number of hydrogen-bond acceptors (Lipinski definition) is 9. The molecule has 0 fully saturated rings. The molecule has 14 heteroatoms. The molecule has 2 heterocycles. The Morgan fingerprint density at radius 2 is 1.93 bits per heavy atom. The van der Waals surface area contributed by atoms with E-state index >= 15 is 0 Å². The molecule has 1 aliphatic rings. The zero-order valence-corrected chi connectivity index (χ0v) is 24.7. The molecular formula is C28H29ClF3N5O4S. The molecule has 224 valence electrons. The molecule has 1 unspecified atom stereocenters. The van der Waals surface area contributed by atoms with Gasteiger partial charge in [-0.15, -0.1) is 0 Å². The van der Waals surface area contributed by atoms with Crippen molar-refractivity contribution in [2.75, 3.05) is 25.0 Å². The van der Waals surface area contributed by atoms with Crippen molar-refractivity contribution in [1.82, 2.24) is 10.3 Å². The number of halogens is 4. The number of fused-ring (bicyclic) bond motifs is 1. The highest BCUT2D eigenvalue weighted by molar-refractivity contribution is 7.17. The van der Waals surface area contributed by atoms with E-state index in [1.54, 1.807) is 57.1 Å². The van der Waals surface area contributed by atoms with Crippen LogP contribution in [0.4, 0.5) is 23.1 Å². The molecule has 1 aliphatic heterocycles. The van der Waals surface area contributed by atoms with E-state index in [1.807, 2.05) is 0 Å². The molecule has 3 aromatic rings. The Morgan fingerprint density at radius 1 is 1.19 bits per heavy atom. The number of aromatic nitrogens is 1. The average molecular weight is 624 g/mol. The van der Waals surface area contributed by atoms with E-state index in [9.17, 15) is 28.2 Å². The zero-order chi connectivity index (χ0) is 30.8. The number of amides is 1. The number of carbonyl (C=O) groups excluding carboxylic acids is 1. The van der Waals surface area contributed by atoms with Gasteiger partial charge >= 0.3 is 12.3 Å². The van der Waals surface area contributed by atoms with Crippen LogP contribution in [-0.2, 0) is 17.3 Å². The lowest BCUT2D eigenvalue weighted by Crippen LogP contribution is -2.41. The molecule has 9 nitrogen and oxygen atoms in total. The van der Waals surface area contributed by atoms with E-state index in [0.29, 0.717) is 26.8 Å². The largest absolute Gasteiger partial charge is 0.492 e. The van der Waals surface area contributed by atoms with Gasteiger partial charge in [-0.2, -0.15) is 28.4 Å². The summed E-state index contributed by atoms with van der Waals surface area (Å²) in [6.45, 7) is 5.09. The Balaban J connectivity index is 1.66. The van der Waals surface area contributed by atoms with Gasteiger partial charge in [-0.3, -0.25) is 0 Å². The van der Waals surface area contributed by atoms with Crippen molar-refractivity contribution in [3.8, 4) is 5.88 Å². The smallest absolute Gasteiger partial charge is 0.416 e. The highest BCUT2D eigenvalue weighted by Crippen LogP contribution is 2.39. The van der Waals surface area contributed by atoms with Crippen LogP contribution >= 0.6 is 22.9 Å². The number of hydrogen-bond donors (Lipinski definition) is 3. The Labute approximate surface area is 248 Å². The van der Waals surface area contributed by atoms with Gasteiger partial charge in [0.25, 0.3) is 0 Å². The fraction of sp³-hybridized carbons (Fsp3) is 0.357. The van der Waals surface area contributed by atoms with Crippen LogP contribution < -0.4 is 20.8 Å². The summed E-state index contributed by atoms with van der Waals surface area (Å²) in [7, 11) is 1.63. The minimum absolute atomic E-state index is 0.0315. The lowest BCUT2D eigenvalue weighted by atomic mass is 9.96. The predicted molar refractivity (Wildman–Crippen MR) is 155 cm³/mol. The fourth-order valence-electron chi connectivity index (χ4n) is 4.20. The molecule has 1 atom stereocenters. The number of benzene rings is 2. The number of nitrogens with one attached hydrogen (secondary N) is 1. The van der Waals surface area contributed by atoms with Crippen molar-refractivity contribution >= 4 is 46.0 Å². The third-order valence-corrected chi connectivity index (χ3v) is 7.50. The minimum atomic E-state index is -4.65. The maximum absolute atomic E-state index is 13.9. The van der Waals surface area contributed by atoms with Crippen molar-refractivity contribution in [3.05, 3.63) is 73.6 Å². The number of alkyl halides is 3. The zero-order valence-electron chi connectivity index (χ0n) is 23.2. The Morgan fingerprint density at radius 3 is 2.62 bits per heavy atom. The first-order valence-electron chi connectivity index (χ1n) is 12.8. The Bertz CT molecular complexity index is 1640. The van der Waals surface area contributed by atoms with Crippen LogP contribution in [0.2, 0.25) is 5.02 Å². The number of carbonyl (C=O) groups is 1. The number of anilines is 1. The van der Waals surface area contributed by atoms with Crippen LogP contribution in [0.25, 0.3) is 5.57 Å². The third kappa shape index (κ3) is 7.78. The molecule has 4 rings (SSSR count). The molecule has 0 bridgehead atoms. The number of nitrogens with zero attached hydrogens (tertiary/aromatic N) is 4. The summed E-state index contributed by atoms with van der Waals surface area (Å²) in [5.41, 5.74) is -0.534. The third-order valence-electron chi connectivity index (χ3n) is 6.05. The first kappa shape index (κ1) is 31.3. The summed E-state index contributed by atoms with van der Waals surface area (Å²) in [4.78, 5) is 18.0. The first-order valence-corrected chi connectivity index (χ1v) is 14.0. The number of thiazole rings is 1.